The van der Waals surface area contributed by atoms with Crippen molar-refractivity contribution in [2.24, 2.45) is 0 Å². The Morgan fingerprint density at radius 3 is 1.57 bits per heavy atom. The molecule has 0 aromatic heterocycles. The summed E-state index contributed by atoms with van der Waals surface area (Å²) in [6.07, 6.45) is 5.95. The average molecular weight is 304 g/mol. The van der Waals surface area contributed by atoms with Crippen LogP contribution in [-0.4, -0.2) is 50.7 Å². The van der Waals surface area contributed by atoms with Crippen molar-refractivity contribution in [1.29, 1.82) is 0 Å². The van der Waals surface area contributed by atoms with Gasteiger partial charge in [-0.15, -0.1) is 0 Å². The quantitative estimate of drug-likeness (QED) is 0.372. The molecule has 0 atom stereocenters. The van der Waals surface area contributed by atoms with E-state index in [1.165, 1.54) is 32.2 Å². The fourth-order valence-corrected chi connectivity index (χ4v) is 1.66. The summed E-state index contributed by atoms with van der Waals surface area (Å²) in [6.45, 7) is 2.40. The Bertz CT molecular complexity index is 259. The molecule has 0 heterocycles. The van der Waals surface area contributed by atoms with Crippen molar-refractivity contribution in [2.45, 2.75) is 51.4 Å². The van der Waals surface area contributed by atoms with Gasteiger partial charge in [-0.2, -0.15) is 0 Å². The third-order valence-corrected chi connectivity index (χ3v) is 2.84. The molecule has 0 amide bonds. The van der Waals surface area contributed by atoms with Crippen molar-refractivity contribution in [1.82, 2.24) is 0 Å². The summed E-state index contributed by atoms with van der Waals surface area (Å²) in [5, 5.41) is 19.5. The monoisotopic (exact) mass is 304 g/mol. The highest BCUT2D eigenvalue weighted by Gasteiger charge is 2.04. The van der Waals surface area contributed by atoms with Crippen LogP contribution in [0.5, 0.6) is 0 Å². The predicted molar refractivity (Wildman–Crippen MR) is 77.6 cm³/mol. The highest BCUT2D eigenvalue weighted by molar-refractivity contribution is 5.65. The Hall–Kier alpha value is -1.14. The summed E-state index contributed by atoms with van der Waals surface area (Å²) in [7, 11) is 6.75. The van der Waals surface area contributed by atoms with Gasteiger partial charge in [0.25, 0.3) is 0 Å². The lowest BCUT2D eigenvalue weighted by Crippen LogP contribution is -2.50. The molecule has 6 heteroatoms. The van der Waals surface area contributed by atoms with Gasteiger partial charge in [0.15, 0.2) is 0 Å². The third kappa shape index (κ3) is 27.9. The lowest BCUT2D eigenvalue weighted by Gasteiger charge is -2.23. The van der Waals surface area contributed by atoms with E-state index in [0.29, 0.717) is 12.8 Å². The molecule has 0 fully saturated rings. The molecule has 0 unspecified atom stereocenters. The van der Waals surface area contributed by atoms with Gasteiger partial charge in [0.1, 0.15) is 0 Å². The summed E-state index contributed by atoms with van der Waals surface area (Å²) < 4.78 is 1.10. The highest BCUT2D eigenvalue weighted by atomic mass is 16.4. The molecule has 0 bridgehead atoms. The largest absolute Gasteiger partial charge is 0.550 e. The van der Waals surface area contributed by atoms with Crippen LogP contribution in [-0.2, 0) is 9.59 Å². The van der Waals surface area contributed by atoms with Crippen LogP contribution in [0, 0.1) is 0 Å². The second kappa shape index (κ2) is 13.8. The number of rotatable bonds is 11. The number of quaternary nitrogens is 2. The van der Waals surface area contributed by atoms with Gasteiger partial charge >= 0.3 is 0 Å². The Labute approximate surface area is 128 Å². The second-order valence-electron chi connectivity index (χ2n) is 6.23. The van der Waals surface area contributed by atoms with Crippen LogP contribution in [0.1, 0.15) is 51.4 Å². The number of hydrogen-bond acceptors (Lipinski definition) is 4. The van der Waals surface area contributed by atoms with E-state index in [9.17, 15) is 19.8 Å². The van der Waals surface area contributed by atoms with Gasteiger partial charge in [0.2, 0.25) is 0 Å². The molecular formula is C15H32N2O4. The molecule has 0 aliphatic carbocycles. The predicted octanol–water partition coefficient (Wildman–Crippen LogP) is -1.46. The van der Waals surface area contributed by atoms with Crippen LogP contribution in [0.25, 0.3) is 0 Å². The maximum absolute atomic E-state index is 9.77. The fraction of sp³-hybridized carbons (Fsp3) is 0.867. The SMILES string of the molecule is C[N+](C)(C)CCCCCC[NH3+].O=C([O-])CCCCC(=O)[O-]. The molecule has 0 aliphatic rings. The molecule has 21 heavy (non-hydrogen) atoms. The van der Waals surface area contributed by atoms with Gasteiger partial charge in [0, 0.05) is 11.9 Å². The Balaban J connectivity index is 0. The third-order valence-electron chi connectivity index (χ3n) is 2.84. The molecule has 0 saturated carbocycles. The van der Waals surface area contributed by atoms with Crippen molar-refractivity contribution >= 4 is 11.9 Å². The molecule has 126 valence electrons. The Kier molecular flexibility index (Phi) is 14.6. The van der Waals surface area contributed by atoms with E-state index >= 15 is 0 Å². The number of hydrogen-bond donors (Lipinski definition) is 1. The molecule has 6 nitrogen and oxygen atoms in total. The smallest absolute Gasteiger partial charge is 0.0780 e. The minimum absolute atomic E-state index is 0.0761. The van der Waals surface area contributed by atoms with Gasteiger partial charge in [0.05, 0.1) is 34.2 Å². The summed E-state index contributed by atoms with van der Waals surface area (Å²) in [6, 6.07) is 0. The summed E-state index contributed by atoms with van der Waals surface area (Å²) in [5.74, 6) is -2.28. The van der Waals surface area contributed by atoms with Crippen molar-refractivity contribution < 1.29 is 30.0 Å². The van der Waals surface area contributed by atoms with E-state index in [1.54, 1.807) is 0 Å². The van der Waals surface area contributed by atoms with Gasteiger partial charge in [-0.25, -0.2) is 0 Å². The van der Waals surface area contributed by atoms with E-state index < -0.39 is 11.9 Å². The molecule has 0 radical (unpaired) electrons. The molecule has 0 rings (SSSR count). The molecule has 0 aromatic carbocycles. The number of unbranched alkanes of at least 4 members (excludes halogenated alkanes) is 4. The zero-order chi connectivity index (χ0) is 16.7. The Morgan fingerprint density at radius 1 is 0.810 bits per heavy atom. The topological polar surface area (TPSA) is 108 Å². The molecular weight excluding hydrogens is 272 g/mol. The maximum atomic E-state index is 9.77. The highest BCUT2D eigenvalue weighted by Crippen LogP contribution is 2.01. The van der Waals surface area contributed by atoms with Crippen molar-refractivity contribution in [3.05, 3.63) is 0 Å². The van der Waals surface area contributed by atoms with Crippen LogP contribution in [0.4, 0.5) is 0 Å². The minimum atomic E-state index is -1.14. The maximum Gasteiger partial charge on any atom is 0.0780 e. The van der Waals surface area contributed by atoms with E-state index in [4.69, 9.17) is 0 Å². The van der Waals surface area contributed by atoms with Gasteiger partial charge in [-0.1, -0.05) is 0 Å². The molecule has 0 aromatic rings. The summed E-state index contributed by atoms with van der Waals surface area (Å²) in [5.41, 5.74) is 3.83. The first-order valence-electron chi connectivity index (χ1n) is 7.68. The molecule has 3 N–H and O–H groups in total. The fourth-order valence-electron chi connectivity index (χ4n) is 1.66. The summed E-state index contributed by atoms with van der Waals surface area (Å²) in [4.78, 5) is 19.5. The number of carboxylic acids is 2. The number of carbonyl (C=O) groups is 2. The average Bonchev–Trinajstić information content (AvgIpc) is 2.33. The van der Waals surface area contributed by atoms with Gasteiger partial charge < -0.3 is 30.0 Å². The molecule has 0 saturated heterocycles. The van der Waals surface area contributed by atoms with E-state index in [-0.39, 0.29) is 12.8 Å². The van der Waals surface area contributed by atoms with Crippen LogP contribution in [0.15, 0.2) is 0 Å². The van der Waals surface area contributed by atoms with Crippen LogP contribution < -0.4 is 15.9 Å². The normalized spacial score (nSPS) is 10.7. The molecule has 0 aliphatic heterocycles. The first-order valence-corrected chi connectivity index (χ1v) is 7.68. The Morgan fingerprint density at radius 2 is 1.24 bits per heavy atom. The summed E-state index contributed by atoms with van der Waals surface area (Å²) >= 11 is 0. The number of aliphatic carboxylic acids is 2. The van der Waals surface area contributed by atoms with Crippen LogP contribution >= 0.6 is 0 Å². The van der Waals surface area contributed by atoms with Crippen LogP contribution in [0.2, 0.25) is 0 Å². The van der Waals surface area contributed by atoms with E-state index in [1.807, 2.05) is 0 Å². The zero-order valence-corrected chi connectivity index (χ0v) is 13.9. The lowest BCUT2D eigenvalue weighted by molar-refractivity contribution is -0.870. The van der Waals surface area contributed by atoms with Crippen molar-refractivity contribution in [2.75, 3.05) is 34.2 Å². The standard InChI is InChI=1S/C9H23N2.C6H10O4/c1-11(2,3)9-7-5-4-6-8-10;7-5(8)3-1-2-4-6(9)10/h4-10H2,1-3H3;1-4H2,(H,7,8)(H,9,10)/q+1;/p-1. The van der Waals surface area contributed by atoms with E-state index in [0.717, 1.165) is 11.0 Å². The minimum Gasteiger partial charge on any atom is -0.550 e. The second-order valence-corrected chi connectivity index (χ2v) is 6.23. The number of nitrogens with zero attached hydrogens (tertiary/aromatic N) is 1. The van der Waals surface area contributed by atoms with Crippen LogP contribution in [0.3, 0.4) is 0 Å². The van der Waals surface area contributed by atoms with Gasteiger partial charge in [-0.3, -0.25) is 0 Å². The van der Waals surface area contributed by atoms with Crippen molar-refractivity contribution in [3.8, 4) is 0 Å². The number of carbonyl (C=O) groups excluding carboxylic acids is 2. The first kappa shape index (κ1) is 22.1. The van der Waals surface area contributed by atoms with Gasteiger partial charge in [-0.05, 0) is 51.4 Å². The first-order chi connectivity index (χ1) is 9.69. The van der Waals surface area contributed by atoms with Crippen molar-refractivity contribution in [3.63, 3.8) is 0 Å². The lowest BCUT2D eigenvalue weighted by atomic mass is 10.2. The van der Waals surface area contributed by atoms with E-state index in [2.05, 4.69) is 26.9 Å². The molecule has 0 spiro atoms. The zero-order valence-electron chi connectivity index (χ0n) is 13.9. The number of carboxylic acid groups (broad SMARTS) is 2.